The van der Waals surface area contributed by atoms with Crippen LogP contribution in [0.25, 0.3) is 0 Å². The molecule has 0 amide bonds. The van der Waals surface area contributed by atoms with E-state index in [-0.39, 0.29) is 20.7 Å². The second-order valence-corrected chi connectivity index (χ2v) is 8.64. The Labute approximate surface area is 142 Å². The van der Waals surface area contributed by atoms with Crippen molar-refractivity contribution >= 4 is 27.3 Å². The number of aliphatic carboxylic acids is 1. The fourth-order valence-corrected chi connectivity index (χ4v) is 5.43. The lowest BCUT2D eigenvalue weighted by Gasteiger charge is -2.16. The molecule has 0 aliphatic rings. The molecule has 0 saturated heterocycles. The third-order valence-electron chi connectivity index (χ3n) is 3.45. The van der Waals surface area contributed by atoms with Gasteiger partial charge in [0, 0.05) is 13.2 Å². The Morgan fingerprint density at radius 2 is 1.77 bits per heavy atom. The van der Waals surface area contributed by atoms with E-state index >= 15 is 0 Å². The molecule has 132 valence electrons. The Balaban J connectivity index is 3.76. The standard InChI is InChI=1S/C16H34O4SSi/c1-4-7-8-9-11-14(15(17)18)21-12-10-13-22-16(19-5-2)20-6-3/h14,16H,4-13,22H2,1-3H3,(H,17,18). The van der Waals surface area contributed by atoms with Gasteiger partial charge in [0.25, 0.3) is 0 Å². The third kappa shape index (κ3) is 12.5. The molecule has 1 atom stereocenters. The Bertz CT molecular complexity index is 261. The number of hydrogen-bond donors (Lipinski definition) is 1. The fraction of sp³-hybridized carbons (Fsp3) is 0.938. The first-order chi connectivity index (χ1) is 10.7. The normalized spacial score (nSPS) is 13.3. The van der Waals surface area contributed by atoms with Gasteiger partial charge >= 0.3 is 5.97 Å². The molecule has 0 radical (unpaired) electrons. The molecule has 0 spiro atoms. The van der Waals surface area contributed by atoms with Crippen molar-refractivity contribution in [2.24, 2.45) is 0 Å². The van der Waals surface area contributed by atoms with E-state index in [0.29, 0.717) is 13.2 Å². The van der Waals surface area contributed by atoms with Gasteiger partial charge in [-0.05, 0) is 32.4 Å². The zero-order valence-corrected chi connectivity index (χ0v) is 16.7. The summed E-state index contributed by atoms with van der Waals surface area (Å²) in [5.74, 6) is 0.312. The van der Waals surface area contributed by atoms with Crippen LogP contribution in [0, 0.1) is 0 Å². The summed E-state index contributed by atoms with van der Waals surface area (Å²) in [6, 6.07) is 1.15. The zero-order chi connectivity index (χ0) is 16.6. The summed E-state index contributed by atoms with van der Waals surface area (Å²) >= 11 is 1.61. The van der Waals surface area contributed by atoms with Gasteiger partial charge in [-0.25, -0.2) is 0 Å². The monoisotopic (exact) mass is 350 g/mol. The largest absolute Gasteiger partial charge is 0.480 e. The Hall–Kier alpha value is -0.0431. The second-order valence-electron chi connectivity index (χ2n) is 5.38. The van der Waals surface area contributed by atoms with E-state index in [1.807, 2.05) is 13.8 Å². The van der Waals surface area contributed by atoms with Gasteiger partial charge in [-0.3, -0.25) is 4.79 Å². The first kappa shape index (κ1) is 22.0. The molecule has 0 heterocycles. The van der Waals surface area contributed by atoms with Crippen molar-refractivity contribution in [2.75, 3.05) is 19.0 Å². The molecule has 1 unspecified atom stereocenters. The number of unbranched alkanes of at least 4 members (excludes halogenated alkanes) is 3. The molecular weight excluding hydrogens is 316 g/mol. The molecule has 0 aliphatic carbocycles. The summed E-state index contributed by atoms with van der Waals surface area (Å²) in [5, 5.41) is 9.03. The van der Waals surface area contributed by atoms with Gasteiger partial charge < -0.3 is 14.6 Å². The minimum absolute atomic E-state index is 0.0318. The highest BCUT2D eigenvalue weighted by Gasteiger charge is 2.17. The second kappa shape index (κ2) is 15.8. The molecule has 4 nitrogen and oxygen atoms in total. The van der Waals surface area contributed by atoms with E-state index in [0.717, 1.165) is 37.5 Å². The maximum absolute atomic E-state index is 11.3. The molecule has 0 aromatic rings. The molecular formula is C16H34O4SSi. The van der Waals surface area contributed by atoms with E-state index in [9.17, 15) is 9.90 Å². The van der Waals surface area contributed by atoms with Crippen molar-refractivity contribution in [1.82, 2.24) is 0 Å². The highest BCUT2D eigenvalue weighted by molar-refractivity contribution is 8.00. The Kier molecular flexibility index (Phi) is 15.8. The number of carboxylic acid groups (broad SMARTS) is 1. The maximum atomic E-state index is 11.3. The summed E-state index contributed by atoms with van der Waals surface area (Å²) in [4.78, 5) is 11.3. The number of rotatable bonds is 16. The molecule has 0 fully saturated rings. The van der Waals surface area contributed by atoms with Crippen molar-refractivity contribution in [2.45, 2.75) is 76.5 Å². The minimum Gasteiger partial charge on any atom is -0.480 e. The molecule has 0 aromatic carbocycles. The molecule has 0 aliphatic heterocycles. The molecule has 6 heteroatoms. The Morgan fingerprint density at radius 1 is 1.09 bits per heavy atom. The molecule has 0 aromatic heterocycles. The van der Waals surface area contributed by atoms with Gasteiger partial charge in [0.2, 0.25) is 0 Å². The van der Waals surface area contributed by atoms with Crippen LogP contribution in [-0.4, -0.2) is 50.7 Å². The van der Waals surface area contributed by atoms with Crippen molar-refractivity contribution in [3.8, 4) is 0 Å². The van der Waals surface area contributed by atoms with E-state index < -0.39 is 5.97 Å². The quantitative estimate of drug-likeness (QED) is 0.262. The number of ether oxygens (including phenoxy) is 2. The average molecular weight is 351 g/mol. The average Bonchev–Trinajstić information content (AvgIpc) is 2.49. The fourth-order valence-electron chi connectivity index (χ4n) is 2.26. The summed E-state index contributed by atoms with van der Waals surface area (Å²) < 4.78 is 11.1. The lowest BCUT2D eigenvalue weighted by Crippen LogP contribution is -2.24. The summed E-state index contributed by atoms with van der Waals surface area (Å²) in [7, 11) is -0.389. The lowest BCUT2D eigenvalue weighted by atomic mass is 10.1. The zero-order valence-electron chi connectivity index (χ0n) is 14.5. The van der Waals surface area contributed by atoms with Crippen LogP contribution in [-0.2, 0) is 14.3 Å². The predicted molar refractivity (Wildman–Crippen MR) is 97.6 cm³/mol. The highest BCUT2D eigenvalue weighted by Crippen LogP contribution is 2.20. The molecule has 0 bridgehead atoms. The SMILES string of the molecule is CCCCCCC(SCCC[SiH2]C(OCC)OCC)C(=O)O. The van der Waals surface area contributed by atoms with Crippen LogP contribution >= 0.6 is 11.8 Å². The predicted octanol–water partition coefficient (Wildman–Crippen LogP) is 3.48. The van der Waals surface area contributed by atoms with Crippen molar-refractivity contribution in [3.05, 3.63) is 0 Å². The van der Waals surface area contributed by atoms with Gasteiger partial charge in [-0.1, -0.05) is 38.7 Å². The van der Waals surface area contributed by atoms with Crippen LogP contribution in [0.3, 0.4) is 0 Å². The number of carboxylic acids is 1. The van der Waals surface area contributed by atoms with E-state index in [4.69, 9.17) is 9.47 Å². The van der Waals surface area contributed by atoms with Crippen molar-refractivity contribution in [1.29, 1.82) is 0 Å². The van der Waals surface area contributed by atoms with Crippen LogP contribution in [0.2, 0.25) is 6.04 Å². The molecule has 22 heavy (non-hydrogen) atoms. The van der Waals surface area contributed by atoms with Gasteiger partial charge in [-0.15, -0.1) is 11.8 Å². The van der Waals surface area contributed by atoms with Gasteiger partial charge in [0.15, 0.2) is 0 Å². The third-order valence-corrected chi connectivity index (χ3v) is 6.67. The van der Waals surface area contributed by atoms with Crippen molar-refractivity contribution < 1.29 is 19.4 Å². The maximum Gasteiger partial charge on any atom is 0.316 e. The van der Waals surface area contributed by atoms with Crippen LogP contribution < -0.4 is 0 Å². The summed E-state index contributed by atoms with van der Waals surface area (Å²) in [6.07, 6.45) is 6.46. The highest BCUT2D eigenvalue weighted by atomic mass is 32.2. The van der Waals surface area contributed by atoms with Gasteiger partial charge in [-0.2, -0.15) is 0 Å². The molecule has 0 saturated carbocycles. The topological polar surface area (TPSA) is 55.8 Å². The van der Waals surface area contributed by atoms with Crippen LogP contribution in [0.5, 0.6) is 0 Å². The number of hydrogen-bond acceptors (Lipinski definition) is 4. The van der Waals surface area contributed by atoms with Gasteiger partial charge in [0.1, 0.15) is 11.2 Å². The minimum atomic E-state index is -0.653. The first-order valence-electron chi connectivity index (χ1n) is 8.73. The van der Waals surface area contributed by atoms with E-state index in [1.165, 1.54) is 12.8 Å². The number of thioether (sulfide) groups is 1. The van der Waals surface area contributed by atoms with E-state index in [1.54, 1.807) is 11.8 Å². The lowest BCUT2D eigenvalue weighted by molar-refractivity contribution is -0.136. The first-order valence-corrected chi connectivity index (χ1v) is 11.6. The van der Waals surface area contributed by atoms with Crippen LogP contribution in [0.15, 0.2) is 0 Å². The summed E-state index contributed by atoms with van der Waals surface area (Å²) in [5.41, 5.74) is 0. The van der Waals surface area contributed by atoms with Gasteiger partial charge in [0.05, 0.1) is 9.52 Å². The number of carbonyl (C=O) groups is 1. The Morgan fingerprint density at radius 3 is 2.32 bits per heavy atom. The smallest absolute Gasteiger partial charge is 0.316 e. The van der Waals surface area contributed by atoms with Crippen LogP contribution in [0.1, 0.15) is 59.3 Å². The van der Waals surface area contributed by atoms with Crippen molar-refractivity contribution in [3.63, 3.8) is 0 Å². The molecule has 1 N–H and O–H groups in total. The van der Waals surface area contributed by atoms with Crippen LogP contribution in [0.4, 0.5) is 0 Å². The summed E-state index contributed by atoms with van der Waals surface area (Å²) in [6.45, 7) is 7.56. The molecule has 0 rings (SSSR count). The van der Waals surface area contributed by atoms with E-state index in [2.05, 4.69) is 6.92 Å².